The molecule has 7 nitrogen and oxygen atoms in total. The van der Waals surface area contributed by atoms with Gasteiger partial charge in [-0.3, -0.25) is 9.59 Å². The van der Waals surface area contributed by atoms with E-state index in [1.807, 2.05) is 20.8 Å². The Morgan fingerprint density at radius 1 is 1.41 bits per heavy atom. The number of nitrogens with zero attached hydrogens (tertiary/aromatic N) is 4. The van der Waals surface area contributed by atoms with Gasteiger partial charge >= 0.3 is 0 Å². The second-order valence-corrected chi connectivity index (χ2v) is 6.02. The summed E-state index contributed by atoms with van der Waals surface area (Å²) < 4.78 is 1.44. The van der Waals surface area contributed by atoms with E-state index >= 15 is 0 Å². The average molecular weight is 301 g/mol. The van der Waals surface area contributed by atoms with Crippen molar-refractivity contribution in [1.29, 1.82) is 0 Å². The van der Waals surface area contributed by atoms with Gasteiger partial charge in [0.2, 0.25) is 5.91 Å². The SMILES string of the molecule is Cc1cc(NC(=O)C(C)C)n(C2=NC(=O)C3CCCC3=N2)n1. The first kappa shape index (κ1) is 14.6. The van der Waals surface area contributed by atoms with Gasteiger partial charge in [-0.1, -0.05) is 13.8 Å². The summed E-state index contributed by atoms with van der Waals surface area (Å²) in [6.07, 6.45) is 2.61. The second kappa shape index (κ2) is 5.47. The first-order valence-electron chi connectivity index (χ1n) is 7.53. The Bertz CT molecular complexity index is 699. The Balaban J connectivity index is 1.95. The van der Waals surface area contributed by atoms with Gasteiger partial charge in [0, 0.05) is 17.7 Å². The number of carbonyl (C=O) groups is 2. The maximum absolute atomic E-state index is 12.1. The largest absolute Gasteiger partial charge is 0.310 e. The van der Waals surface area contributed by atoms with Gasteiger partial charge in [-0.2, -0.15) is 14.8 Å². The van der Waals surface area contributed by atoms with Crippen molar-refractivity contribution in [3.05, 3.63) is 11.8 Å². The van der Waals surface area contributed by atoms with E-state index in [-0.39, 0.29) is 29.6 Å². The second-order valence-electron chi connectivity index (χ2n) is 6.02. The maximum Gasteiger partial charge on any atom is 0.257 e. The number of nitrogens with one attached hydrogen (secondary N) is 1. The van der Waals surface area contributed by atoms with E-state index in [2.05, 4.69) is 20.4 Å². The number of amides is 2. The first-order chi connectivity index (χ1) is 10.5. The van der Waals surface area contributed by atoms with Crippen molar-refractivity contribution in [2.75, 3.05) is 5.32 Å². The van der Waals surface area contributed by atoms with Gasteiger partial charge in [0.05, 0.1) is 11.6 Å². The monoisotopic (exact) mass is 301 g/mol. The number of carbonyl (C=O) groups excluding carboxylic acids is 2. The molecule has 1 fully saturated rings. The summed E-state index contributed by atoms with van der Waals surface area (Å²) in [6.45, 7) is 5.44. The number of aliphatic imine (C=N–C) groups is 2. The molecule has 1 aromatic heterocycles. The third-order valence-corrected chi connectivity index (χ3v) is 3.88. The molecule has 116 valence electrons. The van der Waals surface area contributed by atoms with E-state index in [9.17, 15) is 9.59 Å². The standard InChI is InChI=1S/C15H19N5O2/c1-8(2)13(21)17-12-7-9(3)19-20(12)15-16-11-6-4-5-10(11)14(22)18-15/h7-8,10H,4-6H2,1-3H3,(H,17,21). The predicted molar refractivity (Wildman–Crippen MR) is 83.0 cm³/mol. The molecule has 1 saturated carbocycles. The first-order valence-corrected chi connectivity index (χ1v) is 7.53. The third-order valence-electron chi connectivity index (χ3n) is 3.88. The molecule has 2 amide bonds. The minimum Gasteiger partial charge on any atom is -0.310 e. The molecular weight excluding hydrogens is 282 g/mol. The summed E-state index contributed by atoms with van der Waals surface area (Å²) in [5.41, 5.74) is 1.60. The van der Waals surface area contributed by atoms with E-state index in [1.54, 1.807) is 6.07 Å². The molecule has 22 heavy (non-hydrogen) atoms. The molecule has 2 aliphatic rings. The van der Waals surface area contributed by atoms with E-state index in [0.717, 1.165) is 30.7 Å². The molecule has 1 aliphatic heterocycles. The number of hydrogen-bond donors (Lipinski definition) is 1. The van der Waals surface area contributed by atoms with E-state index in [0.29, 0.717) is 5.82 Å². The van der Waals surface area contributed by atoms with Gasteiger partial charge in [-0.05, 0) is 26.2 Å². The molecule has 1 unspecified atom stereocenters. The highest BCUT2D eigenvalue weighted by molar-refractivity contribution is 6.17. The molecule has 1 atom stereocenters. The van der Waals surface area contributed by atoms with Crippen molar-refractivity contribution in [2.45, 2.75) is 40.0 Å². The highest BCUT2D eigenvalue weighted by Crippen LogP contribution is 2.27. The highest BCUT2D eigenvalue weighted by Gasteiger charge is 2.33. The molecule has 0 aromatic carbocycles. The molecule has 0 saturated heterocycles. The van der Waals surface area contributed by atoms with Crippen molar-refractivity contribution in [3.63, 3.8) is 0 Å². The molecule has 1 N–H and O–H groups in total. The van der Waals surface area contributed by atoms with Crippen LogP contribution in [-0.2, 0) is 9.59 Å². The zero-order valence-corrected chi connectivity index (χ0v) is 13.0. The molecule has 0 spiro atoms. The summed E-state index contributed by atoms with van der Waals surface area (Å²) in [4.78, 5) is 32.6. The summed E-state index contributed by atoms with van der Waals surface area (Å²) in [7, 11) is 0. The van der Waals surface area contributed by atoms with Gasteiger partial charge in [-0.15, -0.1) is 0 Å². The van der Waals surface area contributed by atoms with Crippen LogP contribution in [0.5, 0.6) is 0 Å². The fraction of sp³-hybridized carbons (Fsp3) is 0.533. The van der Waals surface area contributed by atoms with Crippen LogP contribution >= 0.6 is 0 Å². The lowest BCUT2D eigenvalue weighted by molar-refractivity contribution is -0.120. The van der Waals surface area contributed by atoms with Crippen LogP contribution in [0.25, 0.3) is 0 Å². The lowest BCUT2D eigenvalue weighted by atomic mass is 10.1. The Hall–Kier alpha value is -2.31. The quantitative estimate of drug-likeness (QED) is 0.902. The highest BCUT2D eigenvalue weighted by atomic mass is 16.2. The molecule has 1 aromatic rings. The predicted octanol–water partition coefficient (Wildman–Crippen LogP) is 1.77. The maximum atomic E-state index is 12.1. The van der Waals surface area contributed by atoms with Gasteiger partial charge in [0.15, 0.2) is 0 Å². The van der Waals surface area contributed by atoms with Crippen LogP contribution in [0, 0.1) is 18.8 Å². The lowest BCUT2D eigenvalue weighted by Crippen LogP contribution is -2.29. The van der Waals surface area contributed by atoms with Crippen LogP contribution in [0.1, 0.15) is 38.8 Å². The summed E-state index contributed by atoms with van der Waals surface area (Å²) in [5.74, 6) is 0.147. The molecule has 7 heteroatoms. The number of fused-ring (bicyclic) bond motifs is 1. The molecule has 1 aliphatic carbocycles. The molecular formula is C15H19N5O2. The number of aryl methyl sites for hydroxylation is 1. The Labute approximate surface area is 128 Å². The van der Waals surface area contributed by atoms with Gasteiger partial charge in [0.1, 0.15) is 5.82 Å². The number of hydrogen-bond acceptors (Lipinski definition) is 4. The van der Waals surface area contributed by atoms with E-state index in [4.69, 9.17) is 0 Å². The lowest BCUT2D eigenvalue weighted by Gasteiger charge is -2.15. The Morgan fingerprint density at radius 2 is 2.18 bits per heavy atom. The smallest absolute Gasteiger partial charge is 0.257 e. The minimum atomic E-state index is -0.160. The fourth-order valence-electron chi connectivity index (χ4n) is 2.66. The minimum absolute atomic E-state index is 0.115. The van der Waals surface area contributed by atoms with Crippen LogP contribution in [0.15, 0.2) is 16.1 Å². The number of anilines is 1. The molecule has 0 bridgehead atoms. The Kier molecular flexibility index (Phi) is 3.64. The van der Waals surface area contributed by atoms with Crippen molar-refractivity contribution in [2.24, 2.45) is 21.8 Å². The zero-order valence-electron chi connectivity index (χ0n) is 13.0. The summed E-state index contributed by atoms with van der Waals surface area (Å²) in [5, 5.41) is 7.11. The van der Waals surface area contributed by atoms with E-state index < -0.39 is 0 Å². The fourth-order valence-corrected chi connectivity index (χ4v) is 2.66. The topological polar surface area (TPSA) is 88.7 Å². The van der Waals surface area contributed by atoms with Crippen molar-refractivity contribution < 1.29 is 9.59 Å². The summed E-state index contributed by atoms with van der Waals surface area (Å²) >= 11 is 0. The van der Waals surface area contributed by atoms with Crippen molar-refractivity contribution in [3.8, 4) is 0 Å². The third kappa shape index (κ3) is 2.58. The van der Waals surface area contributed by atoms with Gasteiger partial charge in [-0.25, -0.2) is 4.99 Å². The van der Waals surface area contributed by atoms with Crippen LogP contribution in [-0.4, -0.2) is 33.3 Å². The molecule has 2 heterocycles. The van der Waals surface area contributed by atoms with Crippen LogP contribution < -0.4 is 5.32 Å². The van der Waals surface area contributed by atoms with E-state index in [1.165, 1.54) is 4.68 Å². The van der Waals surface area contributed by atoms with Crippen molar-refractivity contribution >= 4 is 29.3 Å². The summed E-state index contributed by atoms with van der Waals surface area (Å²) in [6, 6.07) is 1.74. The van der Waals surface area contributed by atoms with Crippen LogP contribution in [0.3, 0.4) is 0 Å². The number of rotatable bonds is 2. The molecule has 3 rings (SSSR count). The number of aromatic nitrogens is 2. The average Bonchev–Trinajstić information content (AvgIpc) is 3.05. The van der Waals surface area contributed by atoms with Gasteiger partial charge < -0.3 is 5.32 Å². The van der Waals surface area contributed by atoms with Crippen LogP contribution in [0.4, 0.5) is 5.82 Å². The molecule has 0 radical (unpaired) electrons. The van der Waals surface area contributed by atoms with Gasteiger partial charge in [0.25, 0.3) is 11.9 Å². The Morgan fingerprint density at radius 3 is 2.91 bits per heavy atom. The van der Waals surface area contributed by atoms with Crippen molar-refractivity contribution in [1.82, 2.24) is 9.78 Å². The van der Waals surface area contributed by atoms with Crippen LogP contribution in [0.2, 0.25) is 0 Å². The zero-order chi connectivity index (χ0) is 15.9. The normalized spacial score (nSPS) is 20.7.